The first-order valence-electron chi connectivity index (χ1n) is 3.16. The predicted molar refractivity (Wildman–Crippen MR) is 39.4 cm³/mol. The summed E-state index contributed by atoms with van der Waals surface area (Å²) in [7, 11) is 1.36. The molecule has 0 aromatic rings. The van der Waals surface area contributed by atoms with Crippen molar-refractivity contribution in [1.82, 2.24) is 0 Å². The van der Waals surface area contributed by atoms with Gasteiger partial charge in [0.25, 0.3) is 0 Å². The van der Waals surface area contributed by atoms with Gasteiger partial charge in [0.1, 0.15) is 0 Å². The van der Waals surface area contributed by atoms with Gasteiger partial charge in [-0.3, -0.25) is 4.79 Å². The Balaban J connectivity index is 3.43. The molecule has 2 N–H and O–H groups in total. The summed E-state index contributed by atoms with van der Waals surface area (Å²) in [5.41, 5.74) is 5.38. The highest BCUT2D eigenvalue weighted by Gasteiger charge is 1.93. The molecule has 0 saturated heterocycles. The molecule has 1 unspecified atom stereocenters. The second-order valence-corrected chi connectivity index (χ2v) is 2.07. The van der Waals surface area contributed by atoms with Crippen LogP contribution in [0.2, 0.25) is 0 Å². The van der Waals surface area contributed by atoms with Crippen LogP contribution in [0.15, 0.2) is 12.2 Å². The maximum Gasteiger partial charge on any atom is 0.309 e. The van der Waals surface area contributed by atoms with E-state index in [9.17, 15) is 4.79 Å². The van der Waals surface area contributed by atoms with E-state index >= 15 is 0 Å². The second kappa shape index (κ2) is 4.99. The molecule has 0 rings (SSSR count). The summed E-state index contributed by atoms with van der Waals surface area (Å²) in [6.45, 7) is 1.84. The number of methoxy groups -OCH3 is 1. The van der Waals surface area contributed by atoms with Crippen LogP contribution in [0.5, 0.6) is 0 Å². The van der Waals surface area contributed by atoms with Crippen molar-refractivity contribution >= 4 is 5.97 Å². The average Bonchev–Trinajstić information content (AvgIpc) is 1.87. The van der Waals surface area contributed by atoms with E-state index < -0.39 is 0 Å². The fraction of sp³-hybridized carbons (Fsp3) is 0.571. The Hall–Kier alpha value is -0.830. The Kier molecular flexibility index (Phi) is 4.58. The minimum Gasteiger partial charge on any atom is -0.469 e. The topological polar surface area (TPSA) is 52.3 Å². The van der Waals surface area contributed by atoms with Gasteiger partial charge < -0.3 is 10.5 Å². The van der Waals surface area contributed by atoms with Gasteiger partial charge in [-0.05, 0) is 6.92 Å². The summed E-state index contributed by atoms with van der Waals surface area (Å²) in [4.78, 5) is 10.5. The number of carbonyl (C=O) groups is 1. The van der Waals surface area contributed by atoms with E-state index in [1.807, 2.05) is 6.92 Å². The number of hydrogen-bond acceptors (Lipinski definition) is 3. The van der Waals surface area contributed by atoms with E-state index in [1.165, 1.54) is 7.11 Å². The normalized spacial score (nSPS) is 13.5. The maximum atomic E-state index is 10.5. The third kappa shape index (κ3) is 5.31. The minimum absolute atomic E-state index is 0.00431. The number of carbonyl (C=O) groups excluding carboxylic acids is 1. The molecule has 58 valence electrons. The van der Waals surface area contributed by atoms with E-state index in [0.717, 1.165) is 0 Å². The molecule has 0 radical (unpaired) electrons. The Morgan fingerprint density at radius 3 is 2.80 bits per heavy atom. The van der Waals surface area contributed by atoms with Crippen LogP contribution in [-0.4, -0.2) is 19.1 Å². The van der Waals surface area contributed by atoms with Crippen LogP contribution in [-0.2, 0) is 9.53 Å². The van der Waals surface area contributed by atoms with Crippen LogP contribution >= 0.6 is 0 Å². The molecule has 3 heteroatoms. The molecule has 0 amide bonds. The number of hydrogen-bond donors (Lipinski definition) is 1. The Labute approximate surface area is 60.9 Å². The Morgan fingerprint density at radius 1 is 1.80 bits per heavy atom. The van der Waals surface area contributed by atoms with Gasteiger partial charge in [0.15, 0.2) is 0 Å². The van der Waals surface area contributed by atoms with E-state index in [-0.39, 0.29) is 12.0 Å². The second-order valence-electron chi connectivity index (χ2n) is 2.07. The lowest BCUT2D eigenvalue weighted by Gasteiger charge is -1.94. The predicted octanol–water partition coefficient (Wildman–Crippen LogP) is 0.453. The molecule has 0 fully saturated rings. The summed E-state index contributed by atoms with van der Waals surface area (Å²) in [6.07, 6.45) is 3.77. The van der Waals surface area contributed by atoms with E-state index in [2.05, 4.69) is 4.74 Å². The molecule has 0 aliphatic carbocycles. The fourth-order valence-electron chi connectivity index (χ4n) is 0.462. The standard InChI is InChI=1S/C7H13NO2/c1-6(8)4-3-5-7(9)10-2/h3-4,6H,5,8H2,1-2H3/b4-3+. The first-order valence-corrected chi connectivity index (χ1v) is 3.16. The average molecular weight is 143 g/mol. The van der Waals surface area contributed by atoms with Crippen LogP contribution in [0.3, 0.4) is 0 Å². The molecule has 0 aliphatic heterocycles. The van der Waals surface area contributed by atoms with Crippen molar-refractivity contribution in [3.63, 3.8) is 0 Å². The highest BCUT2D eigenvalue weighted by Crippen LogP contribution is 1.87. The lowest BCUT2D eigenvalue weighted by Crippen LogP contribution is -2.10. The first-order chi connectivity index (χ1) is 4.66. The zero-order valence-electron chi connectivity index (χ0n) is 6.33. The summed E-state index contributed by atoms with van der Waals surface area (Å²) in [6, 6.07) is 0.00431. The van der Waals surface area contributed by atoms with Crippen molar-refractivity contribution in [2.45, 2.75) is 19.4 Å². The molecular weight excluding hydrogens is 130 g/mol. The van der Waals surface area contributed by atoms with Crippen molar-refractivity contribution < 1.29 is 9.53 Å². The van der Waals surface area contributed by atoms with Gasteiger partial charge in [0, 0.05) is 6.04 Å². The molecule has 0 aromatic heterocycles. The number of ether oxygens (including phenoxy) is 1. The van der Waals surface area contributed by atoms with Gasteiger partial charge in [0.2, 0.25) is 0 Å². The molecular formula is C7H13NO2. The minimum atomic E-state index is -0.239. The first kappa shape index (κ1) is 9.17. The summed E-state index contributed by atoms with van der Waals surface area (Å²) in [5.74, 6) is -0.239. The molecule has 1 atom stereocenters. The smallest absolute Gasteiger partial charge is 0.309 e. The zero-order valence-corrected chi connectivity index (χ0v) is 6.33. The largest absolute Gasteiger partial charge is 0.469 e. The monoisotopic (exact) mass is 143 g/mol. The van der Waals surface area contributed by atoms with Crippen molar-refractivity contribution in [1.29, 1.82) is 0 Å². The highest BCUT2D eigenvalue weighted by atomic mass is 16.5. The quantitative estimate of drug-likeness (QED) is 0.461. The zero-order chi connectivity index (χ0) is 7.98. The van der Waals surface area contributed by atoms with Crippen molar-refractivity contribution in [3.8, 4) is 0 Å². The van der Waals surface area contributed by atoms with Gasteiger partial charge >= 0.3 is 5.97 Å². The lowest BCUT2D eigenvalue weighted by molar-refractivity contribution is -0.139. The van der Waals surface area contributed by atoms with Gasteiger partial charge in [-0.25, -0.2) is 0 Å². The third-order valence-electron chi connectivity index (χ3n) is 0.952. The van der Waals surface area contributed by atoms with Crippen LogP contribution < -0.4 is 5.73 Å². The number of nitrogens with two attached hydrogens (primary N) is 1. The summed E-state index contributed by atoms with van der Waals surface area (Å²) >= 11 is 0. The van der Waals surface area contributed by atoms with Gasteiger partial charge in [-0.1, -0.05) is 12.2 Å². The fourth-order valence-corrected chi connectivity index (χ4v) is 0.462. The van der Waals surface area contributed by atoms with Gasteiger partial charge in [-0.2, -0.15) is 0 Å². The van der Waals surface area contributed by atoms with Crippen molar-refractivity contribution in [3.05, 3.63) is 12.2 Å². The van der Waals surface area contributed by atoms with Crippen LogP contribution in [0.25, 0.3) is 0 Å². The third-order valence-corrected chi connectivity index (χ3v) is 0.952. The van der Waals surface area contributed by atoms with Gasteiger partial charge in [0.05, 0.1) is 13.5 Å². The lowest BCUT2D eigenvalue weighted by atomic mass is 10.3. The van der Waals surface area contributed by atoms with E-state index in [4.69, 9.17) is 5.73 Å². The summed E-state index contributed by atoms with van der Waals surface area (Å²) < 4.78 is 4.40. The molecule has 0 aromatic carbocycles. The van der Waals surface area contributed by atoms with Crippen LogP contribution in [0.1, 0.15) is 13.3 Å². The Bertz CT molecular complexity index is 130. The van der Waals surface area contributed by atoms with Gasteiger partial charge in [-0.15, -0.1) is 0 Å². The van der Waals surface area contributed by atoms with Crippen LogP contribution in [0.4, 0.5) is 0 Å². The van der Waals surface area contributed by atoms with Crippen molar-refractivity contribution in [2.24, 2.45) is 5.73 Å². The molecule has 0 aliphatic rings. The molecule has 0 spiro atoms. The van der Waals surface area contributed by atoms with Crippen LogP contribution in [0, 0.1) is 0 Å². The molecule has 0 bridgehead atoms. The summed E-state index contributed by atoms with van der Waals surface area (Å²) in [5, 5.41) is 0. The maximum absolute atomic E-state index is 10.5. The van der Waals surface area contributed by atoms with E-state index in [0.29, 0.717) is 6.42 Å². The van der Waals surface area contributed by atoms with Crippen molar-refractivity contribution in [2.75, 3.05) is 7.11 Å². The molecule has 10 heavy (non-hydrogen) atoms. The molecule has 3 nitrogen and oxygen atoms in total. The van der Waals surface area contributed by atoms with E-state index in [1.54, 1.807) is 12.2 Å². The number of rotatable bonds is 3. The highest BCUT2D eigenvalue weighted by molar-refractivity contribution is 5.70. The SMILES string of the molecule is COC(=O)C/C=C/C(C)N. The molecule has 0 saturated carbocycles. The Morgan fingerprint density at radius 2 is 2.40 bits per heavy atom. The number of esters is 1. The molecule has 0 heterocycles.